The molecule has 1 heterocycles. The number of aromatic nitrogens is 3. The van der Waals surface area contributed by atoms with Crippen LogP contribution in [-0.2, 0) is 4.79 Å². The molecule has 2 N–H and O–H groups in total. The van der Waals surface area contributed by atoms with Gasteiger partial charge in [-0.15, -0.1) is 5.10 Å². The molecule has 0 fully saturated rings. The van der Waals surface area contributed by atoms with E-state index in [2.05, 4.69) is 20.5 Å². The van der Waals surface area contributed by atoms with Gasteiger partial charge >= 0.3 is 0 Å². The summed E-state index contributed by atoms with van der Waals surface area (Å²) in [5.41, 5.74) is 3.20. The number of H-pyrrole nitrogens is 1. The van der Waals surface area contributed by atoms with E-state index < -0.39 is 6.10 Å². The Morgan fingerprint density at radius 1 is 1.04 bits per heavy atom. The van der Waals surface area contributed by atoms with Crippen LogP contribution in [0.5, 0.6) is 5.75 Å². The molecule has 0 spiro atoms. The van der Waals surface area contributed by atoms with Crippen LogP contribution in [0.25, 0.3) is 11.4 Å². The van der Waals surface area contributed by atoms with Crippen molar-refractivity contribution in [1.29, 1.82) is 0 Å². The zero-order chi connectivity index (χ0) is 17.8. The number of carbonyl (C=O) groups is 1. The second kappa shape index (κ2) is 7.17. The lowest BCUT2D eigenvalue weighted by atomic mass is 10.1. The number of rotatable bonds is 5. The third-order valence-electron chi connectivity index (χ3n) is 3.75. The number of nitrogens with one attached hydrogen (secondary N) is 2. The second-order valence-corrected chi connectivity index (χ2v) is 5.94. The first-order valence-electron chi connectivity index (χ1n) is 8.05. The maximum absolute atomic E-state index is 12.2. The Morgan fingerprint density at radius 3 is 2.28 bits per heavy atom. The molecule has 128 valence electrons. The zero-order valence-electron chi connectivity index (χ0n) is 14.4. The molecule has 0 bridgehead atoms. The summed E-state index contributed by atoms with van der Waals surface area (Å²) < 4.78 is 5.63. The monoisotopic (exact) mass is 336 g/mol. The van der Waals surface area contributed by atoms with Gasteiger partial charge in [0.25, 0.3) is 5.91 Å². The van der Waals surface area contributed by atoms with Crippen molar-refractivity contribution in [1.82, 2.24) is 15.2 Å². The number of hydrogen-bond acceptors (Lipinski definition) is 4. The minimum atomic E-state index is -0.663. The maximum atomic E-state index is 12.2. The average molecular weight is 336 g/mol. The molecule has 1 amide bonds. The number of hydrogen-bond donors (Lipinski definition) is 2. The third kappa shape index (κ3) is 4.23. The van der Waals surface area contributed by atoms with Crippen molar-refractivity contribution in [2.45, 2.75) is 26.9 Å². The van der Waals surface area contributed by atoms with Crippen LogP contribution >= 0.6 is 0 Å². The minimum Gasteiger partial charge on any atom is -0.481 e. The summed E-state index contributed by atoms with van der Waals surface area (Å²) in [5, 5.41) is 9.51. The van der Waals surface area contributed by atoms with Gasteiger partial charge in [0.15, 0.2) is 11.9 Å². The molecule has 0 radical (unpaired) electrons. The largest absolute Gasteiger partial charge is 0.481 e. The summed E-state index contributed by atoms with van der Waals surface area (Å²) in [4.78, 5) is 16.5. The molecular weight excluding hydrogens is 316 g/mol. The molecule has 1 aromatic heterocycles. The van der Waals surface area contributed by atoms with Crippen molar-refractivity contribution < 1.29 is 9.53 Å². The summed E-state index contributed by atoms with van der Waals surface area (Å²) in [5.74, 6) is 1.15. The quantitative estimate of drug-likeness (QED) is 0.747. The van der Waals surface area contributed by atoms with Crippen LogP contribution in [-0.4, -0.2) is 27.2 Å². The molecule has 0 aliphatic heterocycles. The van der Waals surface area contributed by atoms with E-state index in [1.807, 2.05) is 62.4 Å². The molecule has 0 saturated heterocycles. The Morgan fingerprint density at radius 2 is 1.64 bits per heavy atom. The Hall–Kier alpha value is -3.15. The molecule has 1 atom stereocenters. The van der Waals surface area contributed by atoms with Crippen molar-refractivity contribution >= 4 is 11.9 Å². The average Bonchev–Trinajstić information content (AvgIpc) is 3.06. The van der Waals surface area contributed by atoms with E-state index in [4.69, 9.17) is 4.74 Å². The van der Waals surface area contributed by atoms with E-state index in [0.717, 1.165) is 11.1 Å². The molecule has 0 saturated carbocycles. The van der Waals surface area contributed by atoms with Crippen molar-refractivity contribution in [3.05, 3.63) is 59.7 Å². The number of aromatic amines is 1. The van der Waals surface area contributed by atoms with E-state index in [1.165, 1.54) is 5.56 Å². The minimum absolute atomic E-state index is 0.222. The number of ether oxygens (including phenoxy) is 1. The summed E-state index contributed by atoms with van der Waals surface area (Å²) >= 11 is 0. The lowest BCUT2D eigenvalue weighted by Gasteiger charge is -2.13. The molecular formula is C19H20N4O2. The summed E-state index contributed by atoms with van der Waals surface area (Å²) in [7, 11) is 0. The highest BCUT2D eigenvalue weighted by Crippen LogP contribution is 2.17. The molecule has 25 heavy (non-hydrogen) atoms. The Kier molecular flexibility index (Phi) is 4.79. The van der Waals surface area contributed by atoms with Crippen LogP contribution in [0.4, 0.5) is 5.95 Å². The van der Waals surface area contributed by atoms with Gasteiger partial charge in [-0.05, 0) is 32.9 Å². The van der Waals surface area contributed by atoms with Gasteiger partial charge in [0.1, 0.15) is 5.75 Å². The van der Waals surface area contributed by atoms with E-state index in [-0.39, 0.29) is 11.9 Å². The Bertz CT molecular complexity index is 854. The number of nitrogens with zero attached hydrogens (tertiary/aromatic N) is 2. The van der Waals surface area contributed by atoms with Gasteiger partial charge < -0.3 is 4.74 Å². The molecule has 0 aliphatic rings. The van der Waals surface area contributed by atoms with Gasteiger partial charge in [-0.2, -0.15) is 4.98 Å². The number of aryl methyl sites for hydroxylation is 2. The molecule has 3 aromatic rings. The van der Waals surface area contributed by atoms with E-state index in [0.29, 0.717) is 11.6 Å². The smallest absolute Gasteiger partial charge is 0.267 e. The van der Waals surface area contributed by atoms with Crippen LogP contribution < -0.4 is 10.1 Å². The SMILES string of the molecule is Cc1ccc(O[C@H](C)C(=O)Nc2n[nH]c(-c3ccc(C)cc3)n2)cc1. The molecule has 6 nitrogen and oxygen atoms in total. The van der Waals surface area contributed by atoms with Crippen LogP contribution in [0.15, 0.2) is 48.5 Å². The zero-order valence-corrected chi connectivity index (χ0v) is 14.4. The van der Waals surface area contributed by atoms with Crippen LogP contribution in [0.3, 0.4) is 0 Å². The Labute approximate surface area is 146 Å². The predicted molar refractivity (Wildman–Crippen MR) is 96.5 cm³/mol. The van der Waals surface area contributed by atoms with Gasteiger partial charge in [-0.3, -0.25) is 15.2 Å². The van der Waals surface area contributed by atoms with Gasteiger partial charge in [0.05, 0.1) is 0 Å². The van der Waals surface area contributed by atoms with E-state index in [1.54, 1.807) is 6.92 Å². The normalized spacial score (nSPS) is 11.8. The summed E-state index contributed by atoms with van der Waals surface area (Å²) in [6.07, 6.45) is -0.663. The van der Waals surface area contributed by atoms with Gasteiger partial charge in [-0.25, -0.2) is 0 Å². The van der Waals surface area contributed by atoms with Crippen molar-refractivity contribution in [3.63, 3.8) is 0 Å². The van der Waals surface area contributed by atoms with E-state index >= 15 is 0 Å². The molecule has 6 heteroatoms. The van der Waals surface area contributed by atoms with Gasteiger partial charge in [0.2, 0.25) is 5.95 Å². The molecule has 2 aromatic carbocycles. The standard InChI is InChI=1S/C19H20N4O2/c1-12-4-8-15(9-5-12)17-20-19(23-22-17)21-18(24)14(3)25-16-10-6-13(2)7-11-16/h4-11,14H,1-3H3,(H2,20,21,22,23,24)/t14-/m1/s1. The molecule has 0 unspecified atom stereocenters. The lowest BCUT2D eigenvalue weighted by molar-refractivity contribution is -0.122. The highest BCUT2D eigenvalue weighted by molar-refractivity contribution is 5.92. The second-order valence-electron chi connectivity index (χ2n) is 5.94. The predicted octanol–water partition coefficient (Wildman–Crippen LogP) is 3.49. The lowest BCUT2D eigenvalue weighted by Crippen LogP contribution is -2.30. The van der Waals surface area contributed by atoms with Crippen LogP contribution in [0, 0.1) is 13.8 Å². The van der Waals surface area contributed by atoms with Crippen molar-refractivity contribution in [2.75, 3.05) is 5.32 Å². The maximum Gasteiger partial charge on any atom is 0.267 e. The Balaban J connectivity index is 1.62. The number of carbonyl (C=O) groups excluding carboxylic acids is 1. The summed E-state index contributed by atoms with van der Waals surface area (Å²) in [6, 6.07) is 15.4. The molecule has 3 rings (SSSR count). The number of benzene rings is 2. The fourth-order valence-electron chi connectivity index (χ4n) is 2.24. The van der Waals surface area contributed by atoms with Crippen LogP contribution in [0.1, 0.15) is 18.1 Å². The molecule has 0 aliphatic carbocycles. The summed E-state index contributed by atoms with van der Waals surface area (Å²) in [6.45, 7) is 5.70. The first-order chi connectivity index (χ1) is 12.0. The first kappa shape index (κ1) is 16.7. The van der Waals surface area contributed by atoms with Gasteiger partial charge in [-0.1, -0.05) is 47.5 Å². The van der Waals surface area contributed by atoms with Crippen LogP contribution in [0.2, 0.25) is 0 Å². The number of amides is 1. The first-order valence-corrected chi connectivity index (χ1v) is 8.05. The fourth-order valence-corrected chi connectivity index (χ4v) is 2.24. The highest BCUT2D eigenvalue weighted by atomic mass is 16.5. The fraction of sp³-hybridized carbons (Fsp3) is 0.211. The van der Waals surface area contributed by atoms with Crippen molar-refractivity contribution in [3.8, 4) is 17.1 Å². The van der Waals surface area contributed by atoms with E-state index in [9.17, 15) is 4.79 Å². The number of anilines is 1. The third-order valence-corrected chi connectivity index (χ3v) is 3.75. The topological polar surface area (TPSA) is 79.9 Å². The highest BCUT2D eigenvalue weighted by Gasteiger charge is 2.17. The van der Waals surface area contributed by atoms with Crippen molar-refractivity contribution in [2.24, 2.45) is 0 Å². The van der Waals surface area contributed by atoms with Gasteiger partial charge in [0, 0.05) is 5.56 Å².